The van der Waals surface area contributed by atoms with Gasteiger partial charge in [-0.15, -0.1) is 0 Å². The number of hydrogen-bond acceptors (Lipinski definition) is 3. The molecular formula is C12H12Cl3NO4. The van der Waals surface area contributed by atoms with Crippen LogP contribution in [0.5, 0.6) is 5.75 Å². The molecule has 8 heteroatoms. The first-order valence-corrected chi connectivity index (χ1v) is 6.78. The lowest BCUT2D eigenvalue weighted by Crippen LogP contribution is -2.42. The molecule has 0 bridgehead atoms. The summed E-state index contributed by atoms with van der Waals surface area (Å²) in [4.78, 5) is 22.3. The maximum Gasteiger partial charge on any atom is 0.326 e. The molecule has 0 aliphatic heterocycles. The molecule has 5 nitrogen and oxygen atoms in total. The van der Waals surface area contributed by atoms with Crippen molar-refractivity contribution in [3.63, 3.8) is 0 Å². The van der Waals surface area contributed by atoms with E-state index in [1.165, 1.54) is 12.1 Å². The standard InChI is InChI=1S/C12H12Cl3NO4/c1-2-9(12(18)19)16-11(17)5-20-10-4-7(14)6(13)3-8(10)15/h3-4,9H,2,5H2,1H3,(H,16,17)(H,18,19)/t9-/m0/s1. The molecule has 110 valence electrons. The predicted octanol–water partition coefficient (Wildman–Crippen LogP) is 3.01. The Morgan fingerprint density at radius 1 is 1.25 bits per heavy atom. The number of ether oxygens (including phenoxy) is 1. The number of carbonyl (C=O) groups excluding carboxylic acids is 1. The number of amides is 1. The van der Waals surface area contributed by atoms with Gasteiger partial charge >= 0.3 is 5.97 Å². The van der Waals surface area contributed by atoms with E-state index in [0.29, 0.717) is 0 Å². The maximum atomic E-state index is 11.6. The zero-order valence-corrected chi connectivity index (χ0v) is 12.7. The molecule has 1 atom stereocenters. The van der Waals surface area contributed by atoms with Crippen LogP contribution in [-0.2, 0) is 9.59 Å². The van der Waals surface area contributed by atoms with Crippen LogP contribution in [0, 0.1) is 0 Å². The molecule has 0 fully saturated rings. The van der Waals surface area contributed by atoms with E-state index in [0.717, 1.165) is 0 Å². The second-order valence-corrected chi connectivity index (χ2v) is 5.07. The van der Waals surface area contributed by atoms with Crippen LogP contribution >= 0.6 is 34.8 Å². The number of nitrogens with one attached hydrogen (secondary N) is 1. The van der Waals surface area contributed by atoms with E-state index in [2.05, 4.69) is 5.32 Å². The zero-order valence-electron chi connectivity index (χ0n) is 10.5. The van der Waals surface area contributed by atoms with Crippen molar-refractivity contribution in [1.29, 1.82) is 0 Å². The molecular weight excluding hydrogens is 328 g/mol. The summed E-state index contributed by atoms with van der Waals surface area (Å²) in [6.45, 7) is 1.28. The molecule has 1 aromatic carbocycles. The van der Waals surface area contributed by atoms with Crippen LogP contribution < -0.4 is 10.1 Å². The normalized spacial score (nSPS) is 11.8. The number of benzene rings is 1. The van der Waals surface area contributed by atoms with E-state index in [4.69, 9.17) is 44.6 Å². The Hall–Kier alpha value is -1.17. The highest BCUT2D eigenvalue weighted by atomic mass is 35.5. The smallest absolute Gasteiger partial charge is 0.326 e. The summed E-state index contributed by atoms with van der Waals surface area (Å²) in [5.41, 5.74) is 0. The van der Waals surface area contributed by atoms with Crippen LogP contribution in [0.1, 0.15) is 13.3 Å². The molecule has 0 spiro atoms. The first-order valence-electron chi connectivity index (χ1n) is 5.64. The van der Waals surface area contributed by atoms with E-state index in [-0.39, 0.29) is 33.8 Å². The Morgan fingerprint density at radius 3 is 2.40 bits per heavy atom. The van der Waals surface area contributed by atoms with Crippen molar-refractivity contribution in [2.45, 2.75) is 19.4 Å². The first-order chi connectivity index (χ1) is 9.35. The van der Waals surface area contributed by atoms with Gasteiger partial charge < -0.3 is 15.2 Å². The minimum atomic E-state index is -1.10. The highest BCUT2D eigenvalue weighted by Crippen LogP contribution is 2.33. The number of rotatable bonds is 6. The van der Waals surface area contributed by atoms with Crippen LogP contribution in [0.3, 0.4) is 0 Å². The SMILES string of the molecule is CC[C@H](NC(=O)COc1cc(Cl)c(Cl)cc1Cl)C(=O)O. The quantitative estimate of drug-likeness (QED) is 0.781. The van der Waals surface area contributed by atoms with Gasteiger partial charge in [0.05, 0.1) is 15.1 Å². The second kappa shape index (κ2) is 7.57. The number of halogens is 3. The van der Waals surface area contributed by atoms with E-state index in [9.17, 15) is 9.59 Å². The van der Waals surface area contributed by atoms with Crippen molar-refractivity contribution in [1.82, 2.24) is 5.32 Å². The molecule has 0 radical (unpaired) electrons. The molecule has 20 heavy (non-hydrogen) atoms. The number of carboxylic acids is 1. The van der Waals surface area contributed by atoms with Gasteiger partial charge in [0, 0.05) is 6.07 Å². The fourth-order valence-electron chi connectivity index (χ4n) is 1.33. The van der Waals surface area contributed by atoms with Gasteiger partial charge in [0.15, 0.2) is 6.61 Å². The van der Waals surface area contributed by atoms with Gasteiger partial charge in [-0.3, -0.25) is 4.79 Å². The summed E-state index contributed by atoms with van der Waals surface area (Å²) in [5, 5.41) is 11.8. The molecule has 1 amide bonds. The minimum Gasteiger partial charge on any atom is -0.482 e. The third-order valence-corrected chi connectivity index (χ3v) is 3.39. The van der Waals surface area contributed by atoms with Crippen molar-refractivity contribution in [2.75, 3.05) is 6.61 Å². The Kier molecular flexibility index (Phi) is 6.39. The Labute approximate surface area is 130 Å². The zero-order chi connectivity index (χ0) is 15.3. The summed E-state index contributed by atoms with van der Waals surface area (Å²) in [5.74, 6) is -1.48. The van der Waals surface area contributed by atoms with Crippen molar-refractivity contribution in [3.8, 4) is 5.75 Å². The van der Waals surface area contributed by atoms with Crippen LogP contribution in [0.2, 0.25) is 15.1 Å². The Balaban J connectivity index is 2.61. The molecule has 2 N–H and O–H groups in total. The molecule has 0 aliphatic rings. The van der Waals surface area contributed by atoms with Crippen LogP contribution in [0.4, 0.5) is 0 Å². The minimum absolute atomic E-state index is 0.194. The van der Waals surface area contributed by atoms with Crippen molar-refractivity contribution in [3.05, 3.63) is 27.2 Å². The van der Waals surface area contributed by atoms with E-state index in [1.54, 1.807) is 6.92 Å². The average molecular weight is 341 g/mol. The molecule has 0 saturated carbocycles. The summed E-state index contributed by atoms with van der Waals surface area (Å²) < 4.78 is 5.18. The van der Waals surface area contributed by atoms with Crippen molar-refractivity contribution < 1.29 is 19.4 Å². The fourth-order valence-corrected chi connectivity index (χ4v) is 1.92. The highest BCUT2D eigenvalue weighted by Gasteiger charge is 2.18. The van der Waals surface area contributed by atoms with Gasteiger partial charge in [-0.2, -0.15) is 0 Å². The van der Waals surface area contributed by atoms with Gasteiger partial charge in [-0.25, -0.2) is 4.79 Å². The van der Waals surface area contributed by atoms with Gasteiger partial charge in [0.25, 0.3) is 5.91 Å². The van der Waals surface area contributed by atoms with Gasteiger partial charge in [-0.1, -0.05) is 41.7 Å². The fraction of sp³-hybridized carbons (Fsp3) is 0.333. The van der Waals surface area contributed by atoms with Crippen molar-refractivity contribution >= 4 is 46.7 Å². The van der Waals surface area contributed by atoms with Gasteiger partial charge in [0.2, 0.25) is 0 Å². The molecule has 0 unspecified atom stereocenters. The molecule has 0 aliphatic carbocycles. The molecule has 0 heterocycles. The summed E-state index contributed by atoms with van der Waals surface area (Å²) in [6.07, 6.45) is 0.272. The van der Waals surface area contributed by atoms with Crippen LogP contribution in [0.25, 0.3) is 0 Å². The number of carbonyl (C=O) groups is 2. The molecule has 0 saturated heterocycles. The Morgan fingerprint density at radius 2 is 1.85 bits per heavy atom. The third-order valence-electron chi connectivity index (χ3n) is 2.38. The summed E-state index contributed by atoms with van der Waals surface area (Å²) in [6, 6.07) is 1.83. The largest absolute Gasteiger partial charge is 0.482 e. The summed E-state index contributed by atoms with van der Waals surface area (Å²) in [7, 11) is 0. The van der Waals surface area contributed by atoms with E-state index >= 15 is 0 Å². The number of hydrogen-bond donors (Lipinski definition) is 2. The van der Waals surface area contributed by atoms with Crippen LogP contribution in [0.15, 0.2) is 12.1 Å². The molecule has 1 aromatic rings. The third kappa shape index (κ3) is 4.74. The van der Waals surface area contributed by atoms with Crippen LogP contribution in [-0.4, -0.2) is 29.6 Å². The van der Waals surface area contributed by atoms with E-state index in [1.807, 2.05) is 0 Å². The topological polar surface area (TPSA) is 75.6 Å². The number of carboxylic acid groups (broad SMARTS) is 1. The molecule has 0 aromatic heterocycles. The summed E-state index contributed by atoms with van der Waals surface area (Å²) >= 11 is 17.4. The predicted molar refractivity (Wildman–Crippen MR) is 76.8 cm³/mol. The average Bonchev–Trinajstić information content (AvgIpc) is 2.38. The highest BCUT2D eigenvalue weighted by molar-refractivity contribution is 6.43. The Bertz CT molecular complexity index is 522. The monoisotopic (exact) mass is 339 g/mol. The maximum absolute atomic E-state index is 11.6. The lowest BCUT2D eigenvalue weighted by atomic mass is 10.2. The first kappa shape index (κ1) is 16.9. The second-order valence-electron chi connectivity index (χ2n) is 3.85. The lowest BCUT2D eigenvalue weighted by Gasteiger charge is -2.13. The number of aliphatic carboxylic acids is 1. The van der Waals surface area contributed by atoms with E-state index < -0.39 is 17.9 Å². The lowest BCUT2D eigenvalue weighted by molar-refractivity contribution is -0.142. The van der Waals surface area contributed by atoms with Gasteiger partial charge in [-0.05, 0) is 12.5 Å². The van der Waals surface area contributed by atoms with Gasteiger partial charge in [0.1, 0.15) is 11.8 Å². The molecule has 1 rings (SSSR count). The van der Waals surface area contributed by atoms with Crippen molar-refractivity contribution in [2.24, 2.45) is 0 Å².